The molecule has 3 rings (SSSR count). The van der Waals surface area contributed by atoms with Crippen molar-refractivity contribution in [3.05, 3.63) is 51.2 Å². The molecule has 0 aliphatic carbocycles. The minimum Gasteiger partial charge on any atom is -0.389 e. The third kappa shape index (κ3) is 5.44. The summed E-state index contributed by atoms with van der Waals surface area (Å²) in [4.78, 5) is 30.5. The smallest absolute Gasteiger partial charge is 0.349 e. The second-order valence-electron chi connectivity index (χ2n) is 7.06. The van der Waals surface area contributed by atoms with Crippen LogP contribution in [0.25, 0.3) is 10.2 Å². The molecule has 2 aromatic heterocycles. The van der Waals surface area contributed by atoms with Gasteiger partial charge in [0.05, 0.1) is 4.88 Å². The molecule has 7 heteroatoms. The summed E-state index contributed by atoms with van der Waals surface area (Å²) in [6, 6.07) is 9.44. The molecule has 0 aliphatic rings. The Morgan fingerprint density at radius 2 is 1.83 bits per heavy atom. The van der Waals surface area contributed by atoms with Crippen LogP contribution in [0.15, 0.2) is 39.5 Å². The number of benzene rings is 1. The van der Waals surface area contributed by atoms with E-state index < -0.39 is 5.63 Å². The molecule has 154 valence electrons. The standard InChI is InChI=1S/C22H27N3O3S/c1-3-4-5-6-7-11-14-23-22-25-20-17(21(27)28-22)15(2)18(29-20)19(26)24-16-12-9-8-10-13-16/h8-10,12-13H,3-7,11,14H2,1-2H3,(H,23,25)(H,24,26). The van der Waals surface area contributed by atoms with E-state index >= 15 is 0 Å². The molecule has 6 nitrogen and oxygen atoms in total. The van der Waals surface area contributed by atoms with E-state index in [2.05, 4.69) is 22.5 Å². The van der Waals surface area contributed by atoms with Gasteiger partial charge in [-0.25, -0.2) is 4.79 Å². The molecular formula is C22H27N3O3S. The van der Waals surface area contributed by atoms with E-state index in [-0.39, 0.29) is 11.9 Å². The highest BCUT2D eigenvalue weighted by Gasteiger charge is 2.20. The van der Waals surface area contributed by atoms with Gasteiger partial charge in [-0.05, 0) is 31.0 Å². The lowest BCUT2D eigenvalue weighted by molar-refractivity contribution is 0.103. The van der Waals surface area contributed by atoms with Gasteiger partial charge in [-0.1, -0.05) is 57.2 Å². The predicted octanol–water partition coefficient (Wildman–Crippen LogP) is 5.58. The molecule has 2 heterocycles. The van der Waals surface area contributed by atoms with Crippen LogP contribution in [0.3, 0.4) is 0 Å². The van der Waals surface area contributed by atoms with Crippen LogP contribution < -0.4 is 16.3 Å². The van der Waals surface area contributed by atoms with Gasteiger partial charge in [-0.15, -0.1) is 11.3 Å². The van der Waals surface area contributed by atoms with Gasteiger partial charge in [0.1, 0.15) is 10.2 Å². The van der Waals surface area contributed by atoms with Crippen molar-refractivity contribution in [3.8, 4) is 0 Å². The lowest BCUT2D eigenvalue weighted by atomic mass is 10.1. The number of aromatic nitrogens is 1. The lowest BCUT2D eigenvalue weighted by Crippen LogP contribution is -2.12. The van der Waals surface area contributed by atoms with Crippen LogP contribution in [0.2, 0.25) is 0 Å². The fraction of sp³-hybridized carbons (Fsp3) is 0.409. The van der Waals surface area contributed by atoms with Crippen molar-refractivity contribution in [1.82, 2.24) is 4.98 Å². The van der Waals surface area contributed by atoms with Gasteiger partial charge in [-0.2, -0.15) is 4.98 Å². The second-order valence-corrected chi connectivity index (χ2v) is 8.06. The number of carbonyl (C=O) groups is 1. The first kappa shape index (κ1) is 21.0. The van der Waals surface area contributed by atoms with Gasteiger partial charge in [0.25, 0.3) is 11.9 Å². The molecule has 3 aromatic rings. The van der Waals surface area contributed by atoms with Crippen LogP contribution in [0, 0.1) is 6.92 Å². The normalized spacial score (nSPS) is 11.0. The zero-order chi connectivity index (χ0) is 20.6. The first-order chi connectivity index (χ1) is 14.1. The lowest BCUT2D eigenvalue weighted by Gasteiger charge is -2.04. The summed E-state index contributed by atoms with van der Waals surface area (Å²) in [6.45, 7) is 4.66. The maximum absolute atomic E-state index is 12.6. The number of hydrogen-bond donors (Lipinski definition) is 2. The second kappa shape index (κ2) is 10.2. The van der Waals surface area contributed by atoms with Gasteiger partial charge in [0, 0.05) is 12.2 Å². The molecule has 0 spiro atoms. The largest absolute Gasteiger partial charge is 0.389 e. The zero-order valence-corrected chi connectivity index (χ0v) is 17.7. The Morgan fingerprint density at radius 1 is 1.10 bits per heavy atom. The third-order valence-corrected chi connectivity index (χ3v) is 5.95. The van der Waals surface area contributed by atoms with Crippen LogP contribution in [0.4, 0.5) is 11.7 Å². The summed E-state index contributed by atoms with van der Waals surface area (Å²) in [6.07, 6.45) is 7.13. The van der Waals surface area contributed by atoms with Gasteiger partial charge < -0.3 is 15.1 Å². The summed E-state index contributed by atoms with van der Waals surface area (Å²) < 4.78 is 5.33. The van der Waals surface area contributed by atoms with E-state index in [1.807, 2.05) is 30.3 Å². The number of fused-ring (bicyclic) bond motifs is 1. The van der Waals surface area contributed by atoms with Crippen LogP contribution in [-0.4, -0.2) is 17.4 Å². The van der Waals surface area contributed by atoms with E-state index in [1.165, 1.54) is 37.0 Å². The topological polar surface area (TPSA) is 84.2 Å². The first-order valence-electron chi connectivity index (χ1n) is 10.1. The van der Waals surface area contributed by atoms with E-state index in [9.17, 15) is 9.59 Å². The first-order valence-corrected chi connectivity index (χ1v) is 11.0. The molecule has 0 fully saturated rings. The SMILES string of the molecule is CCCCCCCCNc1nc2sc(C(=O)Nc3ccccc3)c(C)c2c(=O)o1. The van der Waals surface area contributed by atoms with E-state index in [0.717, 1.165) is 12.8 Å². The number of rotatable bonds is 10. The highest BCUT2D eigenvalue weighted by Crippen LogP contribution is 2.29. The molecule has 0 aliphatic heterocycles. The Balaban J connectivity index is 1.68. The Morgan fingerprint density at radius 3 is 2.59 bits per heavy atom. The van der Waals surface area contributed by atoms with Gasteiger partial charge in [-0.3, -0.25) is 4.79 Å². The van der Waals surface area contributed by atoms with Crippen LogP contribution >= 0.6 is 11.3 Å². The minimum atomic E-state index is -0.465. The maximum atomic E-state index is 12.6. The summed E-state index contributed by atoms with van der Waals surface area (Å²) >= 11 is 1.21. The summed E-state index contributed by atoms with van der Waals surface area (Å²) in [5.41, 5.74) is 0.839. The number of carbonyl (C=O) groups excluding carboxylic acids is 1. The van der Waals surface area contributed by atoms with Gasteiger partial charge >= 0.3 is 5.63 Å². The number of amides is 1. The number of para-hydroxylation sites is 1. The molecule has 0 atom stereocenters. The van der Waals surface area contributed by atoms with Crippen LogP contribution in [-0.2, 0) is 0 Å². The molecule has 1 aromatic carbocycles. The Bertz CT molecular complexity index is 1010. The predicted molar refractivity (Wildman–Crippen MR) is 119 cm³/mol. The zero-order valence-electron chi connectivity index (χ0n) is 16.9. The van der Waals surface area contributed by atoms with Crippen molar-refractivity contribution in [2.75, 3.05) is 17.2 Å². The van der Waals surface area contributed by atoms with Crippen LogP contribution in [0.1, 0.15) is 60.7 Å². The quantitative estimate of drug-likeness (QED) is 0.424. The van der Waals surface area contributed by atoms with E-state index in [0.29, 0.717) is 32.9 Å². The monoisotopic (exact) mass is 413 g/mol. The molecular weight excluding hydrogens is 386 g/mol. The molecule has 1 amide bonds. The Labute approximate surface area is 174 Å². The minimum absolute atomic E-state index is 0.215. The third-order valence-electron chi connectivity index (χ3n) is 4.77. The number of anilines is 2. The van der Waals surface area contributed by atoms with Crippen molar-refractivity contribution >= 4 is 39.2 Å². The molecule has 29 heavy (non-hydrogen) atoms. The molecule has 0 saturated carbocycles. The Hall–Kier alpha value is -2.67. The van der Waals surface area contributed by atoms with Gasteiger partial charge in [0.15, 0.2) is 0 Å². The Kier molecular flexibility index (Phi) is 7.41. The van der Waals surface area contributed by atoms with Crippen molar-refractivity contribution in [3.63, 3.8) is 0 Å². The molecule has 0 saturated heterocycles. The van der Waals surface area contributed by atoms with Crippen molar-refractivity contribution in [2.24, 2.45) is 0 Å². The van der Waals surface area contributed by atoms with Crippen LogP contribution in [0.5, 0.6) is 0 Å². The number of aryl methyl sites for hydroxylation is 1. The summed E-state index contributed by atoms with van der Waals surface area (Å²) in [7, 11) is 0. The van der Waals surface area contributed by atoms with Crippen molar-refractivity contribution in [2.45, 2.75) is 52.4 Å². The molecule has 0 unspecified atom stereocenters. The van der Waals surface area contributed by atoms with E-state index in [4.69, 9.17) is 4.42 Å². The van der Waals surface area contributed by atoms with Crippen molar-refractivity contribution < 1.29 is 9.21 Å². The van der Waals surface area contributed by atoms with Gasteiger partial charge in [0.2, 0.25) is 0 Å². The number of nitrogens with zero attached hydrogens (tertiary/aromatic N) is 1. The number of thiophene rings is 1. The summed E-state index contributed by atoms with van der Waals surface area (Å²) in [5.74, 6) is -0.252. The fourth-order valence-electron chi connectivity index (χ4n) is 3.17. The average molecular weight is 414 g/mol. The highest BCUT2D eigenvalue weighted by molar-refractivity contribution is 7.20. The molecule has 2 N–H and O–H groups in total. The number of hydrogen-bond acceptors (Lipinski definition) is 6. The number of nitrogens with one attached hydrogen (secondary N) is 2. The highest BCUT2D eigenvalue weighted by atomic mass is 32.1. The maximum Gasteiger partial charge on any atom is 0.349 e. The number of unbranched alkanes of at least 4 members (excludes halogenated alkanes) is 5. The molecule has 0 radical (unpaired) electrons. The fourth-order valence-corrected chi connectivity index (χ4v) is 4.23. The molecule has 0 bridgehead atoms. The van der Waals surface area contributed by atoms with Crippen molar-refractivity contribution in [1.29, 1.82) is 0 Å². The van der Waals surface area contributed by atoms with E-state index in [1.54, 1.807) is 6.92 Å². The average Bonchev–Trinajstić information content (AvgIpc) is 3.05. The summed E-state index contributed by atoms with van der Waals surface area (Å²) in [5, 5.41) is 6.32.